The molecule has 1 heterocycles. The molecular formula is C16H24NO2+. The predicted octanol–water partition coefficient (Wildman–Crippen LogP) is 1.58. The lowest BCUT2D eigenvalue weighted by atomic mass is 10.0. The van der Waals surface area contributed by atoms with Crippen molar-refractivity contribution >= 4 is 5.78 Å². The monoisotopic (exact) mass is 262 g/mol. The zero-order chi connectivity index (χ0) is 13.7. The number of ether oxygens (including phenoxy) is 1. The zero-order valence-electron chi connectivity index (χ0n) is 11.9. The first-order valence-corrected chi connectivity index (χ1v) is 7.23. The predicted molar refractivity (Wildman–Crippen MR) is 75.9 cm³/mol. The molecule has 104 valence electrons. The van der Waals surface area contributed by atoms with Gasteiger partial charge in [0.05, 0.1) is 18.7 Å². The molecule has 2 atom stereocenters. The Kier molecular flexibility index (Phi) is 4.97. The molecular weight excluding hydrogens is 238 g/mol. The Morgan fingerprint density at radius 2 is 2.21 bits per heavy atom. The van der Waals surface area contributed by atoms with Crippen molar-refractivity contribution in [2.45, 2.75) is 26.7 Å². The molecule has 1 aliphatic rings. The number of ketones is 1. The minimum atomic E-state index is 0.0644. The van der Waals surface area contributed by atoms with Crippen molar-refractivity contribution < 1.29 is 14.4 Å². The summed E-state index contributed by atoms with van der Waals surface area (Å²) in [7, 11) is 0. The van der Waals surface area contributed by atoms with Crippen LogP contribution in [0, 0.1) is 5.92 Å². The van der Waals surface area contributed by atoms with Crippen molar-refractivity contribution in [1.29, 1.82) is 0 Å². The maximum atomic E-state index is 11.5. The molecule has 1 unspecified atom stereocenters. The van der Waals surface area contributed by atoms with E-state index in [1.807, 2.05) is 24.3 Å². The molecule has 1 N–H and O–H groups in total. The summed E-state index contributed by atoms with van der Waals surface area (Å²) >= 11 is 0. The van der Waals surface area contributed by atoms with E-state index >= 15 is 0 Å². The lowest BCUT2D eigenvalue weighted by Gasteiger charge is -2.27. The second-order valence-corrected chi connectivity index (χ2v) is 5.60. The van der Waals surface area contributed by atoms with Crippen LogP contribution in [0.4, 0.5) is 0 Å². The van der Waals surface area contributed by atoms with Crippen LogP contribution in [-0.4, -0.2) is 32.0 Å². The van der Waals surface area contributed by atoms with E-state index in [4.69, 9.17) is 4.74 Å². The van der Waals surface area contributed by atoms with Gasteiger partial charge in [0, 0.05) is 5.92 Å². The van der Waals surface area contributed by atoms with Gasteiger partial charge in [-0.15, -0.1) is 0 Å². The third kappa shape index (κ3) is 4.06. The van der Waals surface area contributed by atoms with Gasteiger partial charge < -0.3 is 9.64 Å². The summed E-state index contributed by atoms with van der Waals surface area (Å²) in [5, 5.41) is 0. The summed E-state index contributed by atoms with van der Waals surface area (Å²) in [4.78, 5) is 13.1. The molecule has 0 saturated carbocycles. The lowest BCUT2D eigenvalue weighted by Crippen LogP contribution is -3.14. The number of carbonyl (C=O) groups is 1. The van der Waals surface area contributed by atoms with Crippen LogP contribution in [-0.2, 0) is 0 Å². The Labute approximate surface area is 115 Å². The van der Waals surface area contributed by atoms with Gasteiger partial charge in [-0.05, 0) is 31.9 Å². The average Bonchev–Trinajstić information content (AvgIpc) is 2.39. The molecule has 19 heavy (non-hydrogen) atoms. The summed E-state index contributed by atoms with van der Waals surface area (Å²) in [5.41, 5.74) is 0.685. The number of Topliss-reactive ketones (excluding diaryl/α,β-unsaturated/α-hetero) is 1. The second kappa shape index (κ2) is 6.71. The summed E-state index contributed by atoms with van der Waals surface area (Å²) in [6, 6.07) is 7.50. The number of piperidine rings is 1. The number of para-hydroxylation sites is 1. The number of rotatable bonds is 5. The number of carbonyl (C=O) groups excluding carboxylic acids is 1. The van der Waals surface area contributed by atoms with Crippen LogP contribution in [0.1, 0.15) is 37.0 Å². The molecule has 1 aromatic rings. The zero-order valence-corrected chi connectivity index (χ0v) is 11.9. The van der Waals surface area contributed by atoms with Crippen molar-refractivity contribution in [3.63, 3.8) is 0 Å². The van der Waals surface area contributed by atoms with Crippen LogP contribution >= 0.6 is 0 Å². The van der Waals surface area contributed by atoms with E-state index in [-0.39, 0.29) is 5.78 Å². The van der Waals surface area contributed by atoms with E-state index in [1.165, 1.54) is 25.9 Å². The van der Waals surface area contributed by atoms with Gasteiger partial charge in [0.15, 0.2) is 5.78 Å². The fourth-order valence-electron chi connectivity index (χ4n) is 2.81. The van der Waals surface area contributed by atoms with Crippen LogP contribution in [0.5, 0.6) is 5.75 Å². The second-order valence-electron chi connectivity index (χ2n) is 5.60. The van der Waals surface area contributed by atoms with Crippen LogP contribution in [0.25, 0.3) is 0 Å². The quantitative estimate of drug-likeness (QED) is 0.817. The highest BCUT2D eigenvalue weighted by Gasteiger charge is 2.19. The van der Waals surface area contributed by atoms with Crippen molar-refractivity contribution in [3.8, 4) is 5.75 Å². The van der Waals surface area contributed by atoms with Crippen molar-refractivity contribution in [1.82, 2.24) is 0 Å². The molecule has 1 aromatic carbocycles. The number of benzene rings is 1. The largest absolute Gasteiger partial charge is 0.487 e. The van der Waals surface area contributed by atoms with E-state index in [1.54, 1.807) is 11.8 Å². The summed E-state index contributed by atoms with van der Waals surface area (Å²) in [5.74, 6) is 1.61. The normalized spacial score (nSPS) is 23.1. The number of likely N-dealkylation sites (tertiary alicyclic amines) is 1. The molecule has 3 heteroatoms. The Morgan fingerprint density at radius 1 is 1.42 bits per heavy atom. The molecule has 0 aliphatic carbocycles. The van der Waals surface area contributed by atoms with Crippen LogP contribution in [0.2, 0.25) is 0 Å². The highest BCUT2D eigenvalue weighted by Crippen LogP contribution is 2.17. The number of quaternary nitrogens is 1. The Balaban J connectivity index is 1.84. The first-order chi connectivity index (χ1) is 9.16. The summed E-state index contributed by atoms with van der Waals surface area (Å²) in [6.45, 7) is 8.12. The smallest absolute Gasteiger partial charge is 0.163 e. The van der Waals surface area contributed by atoms with Gasteiger partial charge in [0.25, 0.3) is 0 Å². The van der Waals surface area contributed by atoms with E-state index in [0.717, 1.165) is 18.2 Å². The maximum absolute atomic E-state index is 11.5. The molecule has 0 amide bonds. The maximum Gasteiger partial charge on any atom is 0.163 e. The molecule has 0 radical (unpaired) electrons. The van der Waals surface area contributed by atoms with Crippen LogP contribution < -0.4 is 9.64 Å². The molecule has 0 bridgehead atoms. The minimum absolute atomic E-state index is 0.0644. The number of nitrogens with one attached hydrogen (secondary N) is 1. The SMILES string of the molecule is CC(=O)c1ccccc1OCC[NH+]1CCC[C@@H](C)C1. The van der Waals surface area contributed by atoms with Crippen LogP contribution in [0.15, 0.2) is 24.3 Å². The standard InChI is InChI=1S/C16H23NO2/c1-13-6-5-9-17(12-13)10-11-19-16-8-4-3-7-15(16)14(2)18/h3-4,7-8,13H,5-6,9-12H2,1-2H3/p+1/t13-/m1/s1. The Bertz CT molecular complexity index is 431. The molecule has 2 rings (SSSR count). The molecule has 1 aliphatic heterocycles. The lowest BCUT2D eigenvalue weighted by molar-refractivity contribution is -0.908. The highest BCUT2D eigenvalue weighted by molar-refractivity contribution is 5.96. The van der Waals surface area contributed by atoms with Crippen molar-refractivity contribution in [2.24, 2.45) is 5.92 Å². The van der Waals surface area contributed by atoms with Crippen molar-refractivity contribution in [3.05, 3.63) is 29.8 Å². The average molecular weight is 262 g/mol. The van der Waals surface area contributed by atoms with E-state index in [0.29, 0.717) is 12.2 Å². The number of hydrogen-bond donors (Lipinski definition) is 1. The van der Waals surface area contributed by atoms with Gasteiger partial charge >= 0.3 is 0 Å². The Morgan fingerprint density at radius 3 is 2.95 bits per heavy atom. The van der Waals surface area contributed by atoms with E-state index in [9.17, 15) is 4.79 Å². The topological polar surface area (TPSA) is 30.7 Å². The van der Waals surface area contributed by atoms with Gasteiger partial charge in [0.1, 0.15) is 18.9 Å². The minimum Gasteiger partial charge on any atom is -0.487 e. The molecule has 0 spiro atoms. The third-order valence-electron chi connectivity index (χ3n) is 3.84. The summed E-state index contributed by atoms with van der Waals surface area (Å²) in [6.07, 6.45) is 2.68. The fraction of sp³-hybridized carbons (Fsp3) is 0.562. The van der Waals surface area contributed by atoms with Gasteiger partial charge in [-0.3, -0.25) is 4.79 Å². The fourth-order valence-corrected chi connectivity index (χ4v) is 2.81. The summed E-state index contributed by atoms with van der Waals surface area (Å²) < 4.78 is 5.79. The van der Waals surface area contributed by atoms with Crippen LogP contribution in [0.3, 0.4) is 0 Å². The Hall–Kier alpha value is -1.35. The van der Waals surface area contributed by atoms with E-state index in [2.05, 4.69) is 6.92 Å². The first kappa shape index (κ1) is 14.1. The highest BCUT2D eigenvalue weighted by atomic mass is 16.5. The van der Waals surface area contributed by atoms with E-state index < -0.39 is 0 Å². The van der Waals surface area contributed by atoms with Crippen molar-refractivity contribution in [2.75, 3.05) is 26.2 Å². The number of hydrogen-bond acceptors (Lipinski definition) is 2. The molecule has 1 saturated heterocycles. The van der Waals surface area contributed by atoms with Gasteiger partial charge in [0.2, 0.25) is 0 Å². The first-order valence-electron chi connectivity index (χ1n) is 7.23. The third-order valence-corrected chi connectivity index (χ3v) is 3.84. The molecule has 1 fully saturated rings. The van der Waals surface area contributed by atoms with Gasteiger partial charge in [-0.2, -0.15) is 0 Å². The molecule has 0 aromatic heterocycles. The molecule has 3 nitrogen and oxygen atoms in total. The van der Waals surface area contributed by atoms with Gasteiger partial charge in [-0.25, -0.2) is 0 Å². The van der Waals surface area contributed by atoms with Gasteiger partial charge in [-0.1, -0.05) is 19.1 Å².